The third-order valence-corrected chi connectivity index (χ3v) is 2.85. The molecule has 0 radical (unpaired) electrons. The van der Waals surface area contributed by atoms with E-state index in [1.54, 1.807) is 0 Å². The maximum atomic E-state index is 12.6. The Bertz CT molecular complexity index is 490. The van der Waals surface area contributed by atoms with Crippen molar-refractivity contribution in [2.24, 2.45) is 0 Å². The van der Waals surface area contributed by atoms with Crippen molar-refractivity contribution in [3.63, 3.8) is 0 Å². The molecule has 1 aromatic carbocycles. The fourth-order valence-electron chi connectivity index (χ4n) is 1.86. The largest absolute Gasteiger partial charge is 0.497 e. The zero-order chi connectivity index (χ0) is 16.0. The number of carbonyl (C=O) groups excluding carboxylic acids is 1. The quantitative estimate of drug-likeness (QED) is 0.822. The minimum absolute atomic E-state index is 0.0476. The van der Waals surface area contributed by atoms with Gasteiger partial charge in [0.25, 0.3) is 5.91 Å². The molecule has 0 fully saturated rings. The molecule has 0 heterocycles. The number of anilines is 1. The molecule has 0 spiro atoms. The van der Waals surface area contributed by atoms with E-state index in [1.807, 2.05) is 6.92 Å². The number of nitrogens with two attached hydrogens (primary N) is 1. The van der Waals surface area contributed by atoms with Gasteiger partial charge in [-0.25, -0.2) is 0 Å². The van der Waals surface area contributed by atoms with Crippen LogP contribution < -0.4 is 10.5 Å². The number of benzene rings is 1. The number of ether oxygens (including phenoxy) is 1. The summed E-state index contributed by atoms with van der Waals surface area (Å²) in [5.74, 6) is -0.368. The average Bonchev–Trinajstić information content (AvgIpc) is 2.40. The number of nitrogen functional groups attached to an aromatic ring is 1. The Balaban J connectivity index is 3.00. The number of alkyl halides is 3. The maximum absolute atomic E-state index is 12.6. The van der Waals surface area contributed by atoms with E-state index < -0.39 is 18.6 Å². The maximum Gasteiger partial charge on any atom is 0.406 e. The van der Waals surface area contributed by atoms with Gasteiger partial charge in [0.05, 0.1) is 7.11 Å². The van der Waals surface area contributed by atoms with E-state index in [1.165, 1.54) is 25.3 Å². The van der Waals surface area contributed by atoms with Crippen molar-refractivity contribution in [3.8, 4) is 5.75 Å². The molecular formula is C14H19F3N2O2. The van der Waals surface area contributed by atoms with Gasteiger partial charge in [0.1, 0.15) is 12.3 Å². The van der Waals surface area contributed by atoms with Crippen molar-refractivity contribution in [1.82, 2.24) is 4.90 Å². The highest BCUT2D eigenvalue weighted by atomic mass is 19.4. The number of amides is 1. The second kappa shape index (κ2) is 7.19. The lowest BCUT2D eigenvalue weighted by Gasteiger charge is -2.24. The second-order valence-electron chi connectivity index (χ2n) is 4.69. The minimum atomic E-state index is -4.44. The van der Waals surface area contributed by atoms with Crippen LogP contribution in [0.3, 0.4) is 0 Å². The van der Waals surface area contributed by atoms with Gasteiger partial charge in [-0.3, -0.25) is 4.79 Å². The van der Waals surface area contributed by atoms with Crippen molar-refractivity contribution in [1.29, 1.82) is 0 Å². The molecule has 0 aromatic heterocycles. The second-order valence-corrected chi connectivity index (χ2v) is 4.69. The molecule has 0 aliphatic rings. The Morgan fingerprint density at radius 2 is 2.00 bits per heavy atom. The average molecular weight is 304 g/mol. The third-order valence-electron chi connectivity index (χ3n) is 2.85. The van der Waals surface area contributed by atoms with Crippen LogP contribution in [-0.2, 0) is 0 Å². The predicted octanol–water partition coefficient (Wildman–Crippen LogP) is 3.08. The lowest BCUT2D eigenvalue weighted by Crippen LogP contribution is -2.39. The summed E-state index contributed by atoms with van der Waals surface area (Å²) in [4.78, 5) is 13.1. The molecule has 0 atom stereocenters. The van der Waals surface area contributed by atoms with Crippen LogP contribution in [0.4, 0.5) is 18.9 Å². The van der Waals surface area contributed by atoms with Crippen LogP contribution in [0.1, 0.15) is 30.1 Å². The Morgan fingerprint density at radius 1 is 1.33 bits per heavy atom. The van der Waals surface area contributed by atoms with Gasteiger partial charge in [-0.15, -0.1) is 0 Å². The van der Waals surface area contributed by atoms with Crippen molar-refractivity contribution < 1.29 is 22.7 Å². The molecule has 118 valence electrons. The SMILES string of the molecule is CCCCN(CC(F)(F)F)C(=O)c1cc(N)cc(OC)c1. The van der Waals surface area contributed by atoms with Gasteiger partial charge in [0, 0.05) is 23.9 Å². The first kappa shape index (κ1) is 17.1. The molecule has 7 heteroatoms. The molecule has 0 aliphatic carbocycles. The highest BCUT2D eigenvalue weighted by Gasteiger charge is 2.33. The first-order valence-corrected chi connectivity index (χ1v) is 6.57. The van der Waals surface area contributed by atoms with E-state index in [4.69, 9.17) is 10.5 Å². The molecule has 0 saturated carbocycles. The van der Waals surface area contributed by atoms with Crippen molar-refractivity contribution in [2.75, 3.05) is 25.9 Å². The van der Waals surface area contributed by atoms with Gasteiger partial charge < -0.3 is 15.4 Å². The lowest BCUT2D eigenvalue weighted by atomic mass is 10.1. The molecule has 0 saturated heterocycles. The van der Waals surface area contributed by atoms with Gasteiger partial charge >= 0.3 is 6.18 Å². The van der Waals surface area contributed by atoms with Crippen molar-refractivity contribution in [3.05, 3.63) is 23.8 Å². The summed E-state index contributed by atoms with van der Waals surface area (Å²) >= 11 is 0. The highest BCUT2D eigenvalue weighted by molar-refractivity contribution is 5.95. The number of nitrogens with zero attached hydrogens (tertiary/aromatic N) is 1. The number of carbonyl (C=O) groups is 1. The van der Waals surface area contributed by atoms with E-state index in [2.05, 4.69) is 0 Å². The topological polar surface area (TPSA) is 55.6 Å². The molecule has 1 aromatic rings. The first-order chi connectivity index (χ1) is 9.76. The Labute approximate surface area is 121 Å². The number of halogens is 3. The van der Waals surface area contributed by atoms with E-state index in [-0.39, 0.29) is 17.8 Å². The Kier molecular flexibility index (Phi) is 5.87. The summed E-state index contributed by atoms with van der Waals surface area (Å²) in [6, 6.07) is 4.23. The van der Waals surface area contributed by atoms with Gasteiger partial charge in [0.15, 0.2) is 0 Å². The molecule has 0 bridgehead atoms. The summed E-state index contributed by atoms with van der Waals surface area (Å²) in [5, 5.41) is 0. The monoisotopic (exact) mass is 304 g/mol. The van der Waals surface area contributed by atoms with Crippen LogP contribution in [0, 0.1) is 0 Å². The van der Waals surface area contributed by atoms with Crippen LogP contribution in [-0.4, -0.2) is 37.2 Å². The third kappa shape index (κ3) is 5.53. The Morgan fingerprint density at radius 3 is 2.52 bits per heavy atom. The van der Waals surface area contributed by atoms with Gasteiger partial charge in [-0.05, 0) is 18.6 Å². The van der Waals surface area contributed by atoms with Gasteiger partial charge in [0.2, 0.25) is 0 Å². The van der Waals surface area contributed by atoms with Crippen LogP contribution in [0.15, 0.2) is 18.2 Å². The van der Waals surface area contributed by atoms with E-state index in [9.17, 15) is 18.0 Å². The normalized spacial score (nSPS) is 11.3. The molecule has 1 amide bonds. The zero-order valence-corrected chi connectivity index (χ0v) is 12.0. The number of rotatable bonds is 6. The van der Waals surface area contributed by atoms with Crippen LogP contribution in [0.5, 0.6) is 5.75 Å². The molecule has 1 rings (SSSR count). The number of hydrogen-bond donors (Lipinski definition) is 1. The summed E-state index contributed by atoms with van der Waals surface area (Å²) in [5.41, 5.74) is 5.98. The summed E-state index contributed by atoms with van der Waals surface area (Å²) in [6.07, 6.45) is -3.24. The Hall–Kier alpha value is -1.92. The van der Waals surface area contributed by atoms with Crippen LogP contribution in [0.2, 0.25) is 0 Å². The molecule has 2 N–H and O–H groups in total. The van der Waals surface area contributed by atoms with Crippen molar-refractivity contribution in [2.45, 2.75) is 25.9 Å². The number of hydrogen-bond acceptors (Lipinski definition) is 3. The zero-order valence-electron chi connectivity index (χ0n) is 12.0. The van der Waals surface area contributed by atoms with E-state index in [0.29, 0.717) is 18.6 Å². The fourth-order valence-corrected chi connectivity index (χ4v) is 1.86. The summed E-state index contributed by atoms with van der Waals surface area (Å²) in [6.45, 7) is 0.620. The number of methoxy groups -OCH3 is 1. The first-order valence-electron chi connectivity index (χ1n) is 6.57. The molecule has 4 nitrogen and oxygen atoms in total. The smallest absolute Gasteiger partial charge is 0.406 e. The summed E-state index contributed by atoms with van der Waals surface area (Å²) in [7, 11) is 1.40. The fraction of sp³-hybridized carbons (Fsp3) is 0.500. The molecule has 21 heavy (non-hydrogen) atoms. The van der Waals surface area contributed by atoms with Crippen LogP contribution in [0.25, 0.3) is 0 Å². The minimum Gasteiger partial charge on any atom is -0.497 e. The molecule has 0 unspecified atom stereocenters. The van der Waals surface area contributed by atoms with Crippen molar-refractivity contribution >= 4 is 11.6 Å². The van der Waals surface area contributed by atoms with Gasteiger partial charge in [-0.1, -0.05) is 13.3 Å². The standard InChI is InChI=1S/C14H19F3N2O2/c1-3-4-5-19(9-14(15,16)17)13(20)10-6-11(18)8-12(7-10)21-2/h6-8H,3-5,9,18H2,1-2H3. The van der Waals surface area contributed by atoms with E-state index in [0.717, 1.165) is 4.90 Å². The van der Waals surface area contributed by atoms with E-state index >= 15 is 0 Å². The highest BCUT2D eigenvalue weighted by Crippen LogP contribution is 2.22. The molecular weight excluding hydrogens is 285 g/mol. The summed E-state index contributed by atoms with van der Waals surface area (Å²) < 4.78 is 42.7. The number of unbranched alkanes of at least 4 members (excludes halogenated alkanes) is 1. The lowest BCUT2D eigenvalue weighted by molar-refractivity contribution is -0.140. The van der Waals surface area contributed by atoms with Gasteiger partial charge in [-0.2, -0.15) is 13.2 Å². The molecule has 0 aliphatic heterocycles. The predicted molar refractivity (Wildman–Crippen MR) is 74.3 cm³/mol. The van der Waals surface area contributed by atoms with Crippen LogP contribution >= 0.6 is 0 Å².